The van der Waals surface area contributed by atoms with Gasteiger partial charge in [-0.2, -0.15) is 83.1 Å². The van der Waals surface area contributed by atoms with Gasteiger partial charge >= 0.3 is 57.1 Å². The Kier molecular flexibility index (Phi) is 10.8. The molecule has 3 rings (SSSR count). The zero-order valence-electron chi connectivity index (χ0n) is 24.2. The molecule has 0 fully saturated rings. The molecule has 0 aliphatic rings. The van der Waals surface area contributed by atoms with Gasteiger partial charge in [-0.3, -0.25) is 4.79 Å². The summed E-state index contributed by atoms with van der Waals surface area (Å²) in [7, 11) is -12.7. The molecule has 3 aromatic rings. The lowest BCUT2D eigenvalue weighted by molar-refractivity contribution is -0.458. The summed E-state index contributed by atoms with van der Waals surface area (Å²) in [6.07, 6.45) is -7.95. The average Bonchev–Trinajstić information content (AvgIpc) is 3.04. The minimum Gasteiger partial charge on any atom is -0.293 e. The molecule has 0 aromatic heterocycles. The normalized spacial score (nSPS) is 15.1. The van der Waals surface area contributed by atoms with E-state index in [1.54, 1.807) is 0 Å². The number of alkyl halides is 17. The molecule has 0 bridgehead atoms. The van der Waals surface area contributed by atoms with E-state index in [0.717, 1.165) is 60.7 Å². The molecular formula is C28H17F17O4S2. The third-order valence-electron chi connectivity index (χ3n) is 6.89. The van der Waals surface area contributed by atoms with E-state index in [1.165, 1.54) is 30.3 Å². The zero-order chi connectivity index (χ0) is 39.3. The van der Waals surface area contributed by atoms with E-state index in [9.17, 15) is 79.1 Å². The molecule has 0 amide bonds. The summed E-state index contributed by atoms with van der Waals surface area (Å²) in [5.74, 6) is -55.3. The van der Waals surface area contributed by atoms with Crippen LogP contribution < -0.4 is 0 Å². The third-order valence-corrected chi connectivity index (χ3v) is 12.2. The summed E-state index contributed by atoms with van der Waals surface area (Å²) in [4.78, 5) is 12.0. The predicted molar refractivity (Wildman–Crippen MR) is 143 cm³/mol. The van der Waals surface area contributed by atoms with Crippen LogP contribution in [0.2, 0.25) is 0 Å². The van der Waals surface area contributed by atoms with Crippen molar-refractivity contribution in [3.8, 4) is 0 Å². The summed E-state index contributed by atoms with van der Waals surface area (Å²) >= 11 is 0. The zero-order valence-corrected chi connectivity index (χ0v) is 25.9. The highest BCUT2D eigenvalue weighted by Crippen LogP contribution is 2.68. The van der Waals surface area contributed by atoms with Crippen molar-refractivity contribution in [3.05, 3.63) is 96.6 Å². The van der Waals surface area contributed by atoms with Crippen molar-refractivity contribution in [2.45, 2.75) is 56.8 Å². The van der Waals surface area contributed by atoms with Gasteiger partial charge in [-0.15, -0.1) is 0 Å². The second kappa shape index (κ2) is 13.1. The average molecular weight is 805 g/mol. The first-order valence-electron chi connectivity index (χ1n) is 13.1. The first-order chi connectivity index (χ1) is 22.9. The largest absolute Gasteiger partial charge is 0.460 e. The highest BCUT2D eigenvalue weighted by atomic mass is 32.3. The number of rotatable bonds is 14. The monoisotopic (exact) mass is 804 g/mol. The lowest BCUT2D eigenvalue weighted by Gasteiger charge is -2.43. The van der Waals surface area contributed by atoms with Gasteiger partial charge in [0.25, 0.3) is 0 Å². The molecule has 0 unspecified atom stereocenters. The van der Waals surface area contributed by atoms with E-state index >= 15 is 8.78 Å². The number of ketones is 1. The Bertz CT molecular complexity index is 1760. The molecule has 0 atom stereocenters. The highest BCUT2D eigenvalue weighted by Gasteiger charge is 2.96. The van der Waals surface area contributed by atoms with Crippen molar-refractivity contribution in [2.24, 2.45) is 0 Å². The minimum absolute atomic E-state index is 0.329. The van der Waals surface area contributed by atoms with E-state index in [1.807, 2.05) is 0 Å². The van der Waals surface area contributed by atoms with Crippen LogP contribution in [0.15, 0.2) is 101 Å². The number of halogens is 17. The Morgan fingerprint density at radius 3 is 1.14 bits per heavy atom. The molecule has 0 aliphatic heterocycles. The van der Waals surface area contributed by atoms with Gasteiger partial charge in [0.05, 0.1) is 5.75 Å². The molecule has 0 N–H and O–H groups in total. The van der Waals surface area contributed by atoms with Gasteiger partial charge in [-0.1, -0.05) is 77.0 Å². The van der Waals surface area contributed by atoms with Gasteiger partial charge in [0.15, 0.2) is 5.78 Å². The molecule has 23 heteroatoms. The fraction of sp³-hybridized carbons (Fsp3) is 0.321. The number of carbonyl (C=O) groups is 1. The molecule has 0 radical (unpaired) electrons. The third kappa shape index (κ3) is 6.42. The van der Waals surface area contributed by atoms with E-state index in [2.05, 4.69) is 3.63 Å². The maximum atomic E-state index is 15.2. The van der Waals surface area contributed by atoms with Crippen LogP contribution in [0.1, 0.15) is 10.4 Å². The van der Waals surface area contributed by atoms with Gasteiger partial charge < -0.3 is 0 Å². The summed E-state index contributed by atoms with van der Waals surface area (Å²) < 4.78 is 267. The van der Waals surface area contributed by atoms with Crippen LogP contribution >= 0.6 is 10.3 Å². The highest BCUT2D eigenvalue weighted by molar-refractivity contribution is 8.33. The van der Waals surface area contributed by atoms with Crippen LogP contribution in [0.3, 0.4) is 0 Å². The predicted octanol–water partition coefficient (Wildman–Crippen LogP) is 10.0. The van der Waals surface area contributed by atoms with E-state index in [4.69, 9.17) is 0 Å². The SMILES string of the molecule is O=C(CS(OS(=O)(=O)C(F)(F)C(F)(F)C(F)(F)C(F)(F)C(F)(F)C(F)(F)C(F)(F)C(F)(F)F)(c1ccccc1)c1ccccc1)c1ccccc1. The van der Waals surface area contributed by atoms with Crippen molar-refractivity contribution in [1.29, 1.82) is 0 Å². The topological polar surface area (TPSA) is 60.4 Å². The van der Waals surface area contributed by atoms with Crippen molar-refractivity contribution in [2.75, 3.05) is 5.75 Å². The van der Waals surface area contributed by atoms with Gasteiger partial charge in [-0.05, 0) is 24.3 Å². The molecule has 0 saturated heterocycles. The molecule has 0 heterocycles. The lowest BCUT2D eigenvalue weighted by atomic mass is 9.91. The number of hydrogen-bond donors (Lipinski definition) is 0. The fourth-order valence-electron chi connectivity index (χ4n) is 4.08. The lowest BCUT2D eigenvalue weighted by Crippen LogP contribution is -2.75. The Morgan fingerprint density at radius 1 is 0.471 bits per heavy atom. The second-order valence-corrected chi connectivity index (χ2v) is 14.8. The summed E-state index contributed by atoms with van der Waals surface area (Å²) in [5, 5.41) is -7.94. The Hall–Kier alpha value is -3.60. The number of hydrogen-bond acceptors (Lipinski definition) is 4. The van der Waals surface area contributed by atoms with Crippen LogP contribution in [0.4, 0.5) is 74.6 Å². The summed E-state index contributed by atoms with van der Waals surface area (Å²) in [5.41, 5.74) is -0.329. The van der Waals surface area contributed by atoms with Crippen LogP contribution in [-0.2, 0) is 13.7 Å². The first kappa shape index (κ1) is 41.8. The molecule has 0 saturated carbocycles. The molecule has 4 nitrogen and oxygen atoms in total. The molecule has 3 aromatic carbocycles. The number of benzene rings is 3. The van der Waals surface area contributed by atoms with Gasteiger partial charge in [-0.25, -0.2) is 3.63 Å². The smallest absolute Gasteiger partial charge is 0.293 e. The van der Waals surface area contributed by atoms with E-state index in [-0.39, 0.29) is 5.56 Å². The van der Waals surface area contributed by atoms with Crippen molar-refractivity contribution in [1.82, 2.24) is 0 Å². The van der Waals surface area contributed by atoms with Crippen LogP contribution in [0, 0.1) is 0 Å². The fourth-order valence-corrected chi connectivity index (χ4v) is 9.24. The molecule has 0 aliphatic carbocycles. The van der Waals surface area contributed by atoms with Gasteiger partial charge in [0.1, 0.15) is 0 Å². The molecular weight excluding hydrogens is 787 g/mol. The second-order valence-electron chi connectivity index (χ2n) is 10.2. The van der Waals surface area contributed by atoms with Gasteiger partial charge in [0, 0.05) is 15.4 Å². The first-order valence-corrected chi connectivity index (χ1v) is 16.2. The Labute approximate surface area is 276 Å². The molecule has 0 spiro atoms. The summed E-state index contributed by atoms with van der Waals surface area (Å²) in [6.45, 7) is 0. The van der Waals surface area contributed by atoms with Crippen molar-refractivity contribution in [3.63, 3.8) is 0 Å². The van der Waals surface area contributed by atoms with Gasteiger partial charge in [0.2, 0.25) is 0 Å². The van der Waals surface area contributed by atoms with Crippen LogP contribution in [0.5, 0.6) is 0 Å². The van der Waals surface area contributed by atoms with Crippen LogP contribution in [0.25, 0.3) is 0 Å². The molecule has 284 valence electrons. The van der Waals surface area contributed by atoms with Crippen molar-refractivity contribution < 1.29 is 91.5 Å². The van der Waals surface area contributed by atoms with Crippen LogP contribution in [-0.4, -0.2) is 66.9 Å². The number of carbonyl (C=O) groups excluding carboxylic acids is 1. The Morgan fingerprint density at radius 2 is 0.784 bits per heavy atom. The van der Waals surface area contributed by atoms with E-state index in [0.29, 0.717) is 0 Å². The standard InChI is InChI=1S/C28H17F17O4S2/c29-21(30,23(33,34)25(37,38)27(41,42)43)22(31,32)24(35,36)26(39,40)28(44,45)51(47,48)49-50(18-12-6-2-7-13-18,19-14-8-3-9-15-19)16-20(46)17-10-4-1-5-11-17/h1-15H,16H2. The maximum Gasteiger partial charge on any atom is 0.460 e. The van der Waals surface area contributed by atoms with E-state index < -0.39 is 88.7 Å². The van der Waals surface area contributed by atoms with Crippen molar-refractivity contribution >= 4 is 26.2 Å². The minimum atomic E-state index is -9.01. The molecule has 51 heavy (non-hydrogen) atoms. The maximum absolute atomic E-state index is 15.2. The quantitative estimate of drug-likeness (QED) is 0.120. The summed E-state index contributed by atoms with van der Waals surface area (Å²) in [6, 6.07) is 15.8. The Balaban J connectivity index is 2.27. The number of Topliss-reactive ketones (excluding diaryl/α,β-unsaturated/α-hetero) is 1.